The van der Waals surface area contributed by atoms with Crippen LogP contribution in [0.2, 0.25) is 0 Å². The van der Waals surface area contributed by atoms with Gasteiger partial charge in [-0.3, -0.25) is 9.48 Å². The minimum absolute atomic E-state index is 0.0208. The van der Waals surface area contributed by atoms with E-state index in [1.807, 2.05) is 18.7 Å². The molecular formula is C18H32N4O. The standard InChI is InChI=1S/C18H32N4O/c1-13(12-17-14(2)19-21(6)15(17)3)18(23)22-10-7-8-16(9-11-22)20(4)5/h13,16H,7-12H2,1-6H3. The molecule has 5 heteroatoms. The number of amides is 1. The molecule has 2 heterocycles. The summed E-state index contributed by atoms with van der Waals surface area (Å²) in [5, 5.41) is 4.47. The summed E-state index contributed by atoms with van der Waals surface area (Å²) in [6.07, 6.45) is 4.16. The van der Waals surface area contributed by atoms with Crippen molar-refractivity contribution in [3.8, 4) is 0 Å². The van der Waals surface area contributed by atoms with Gasteiger partial charge in [0.2, 0.25) is 5.91 Å². The fraction of sp³-hybridized carbons (Fsp3) is 0.778. The molecule has 130 valence electrons. The lowest BCUT2D eigenvalue weighted by molar-refractivity contribution is -0.134. The van der Waals surface area contributed by atoms with Gasteiger partial charge in [-0.1, -0.05) is 6.92 Å². The first kappa shape index (κ1) is 18.0. The third-order valence-corrected chi connectivity index (χ3v) is 5.33. The number of carbonyl (C=O) groups excluding carboxylic acids is 1. The summed E-state index contributed by atoms with van der Waals surface area (Å²) in [7, 11) is 6.24. The van der Waals surface area contributed by atoms with Crippen LogP contribution in [0.15, 0.2) is 0 Å². The number of aromatic nitrogens is 2. The molecule has 1 aromatic rings. The molecule has 0 bridgehead atoms. The topological polar surface area (TPSA) is 41.4 Å². The predicted molar refractivity (Wildman–Crippen MR) is 93.5 cm³/mol. The molecule has 23 heavy (non-hydrogen) atoms. The molecule has 2 unspecified atom stereocenters. The summed E-state index contributed by atoms with van der Waals surface area (Å²) < 4.78 is 1.91. The van der Waals surface area contributed by atoms with E-state index in [0.717, 1.165) is 38.0 Å². The van der Waals surface area contributed by atoms with Gasteiger partial charge in [0.25, 0.3) is 0 Å². The van der Waals surface area contributed by atoms with E-state index < -0.39 is 0 Å². The number of nitrogens with zero attached hydrogens (tertiary/aromatic N) is 4. The number of carbonyl (C=O) groups is 1. The minimum Gasteiger partial charge on any atom is -0.342 e. The van der Waals surface area contributed by atoms with Crippen molar-refractivity contribution in [1.82, 2.24) is 19.6 Å². The van der Waals surface area contributed by atoms with E-state index in [9.17, 15) is 4.79 Å². The van der Waals surface area contributed by atoms with E-state index in [-0.39, 0.29) is 5.92 Å². The molecule has 1 aliphatic rings. The first-order valence-corrected chi connectivity index (χ1v) is 8.75. The van der Waals surface area contributed by atoms with E-state index in [1.54, 1.807) is 0 Å². The smallest absolute Gasteiger partial charge is 0.225 e. The maximum atomic E-state index is 12.8. The highest BCUT2D eigenvalue weighted by molar-refractivity contribution is 5.79. The molecule has 1 amide bonds. The summed E-state index contributed by atoms with van der Waals surface area (Å²) >= 11 is 0. The van der Waals surface area contributed by atoms with Crippen LogP contribution in [-0.2, 0) is 18.3 Å². The number of rotatable bonds is 4. The molecule has 0 radical (unpaired) electrons. The van der Waals surface area contributed by atoms with Gasteiger partial charge in [-0.2, -0.15) is 5.10 Å². The number of hydrogen-bond acceptors (Lipinski definition) is 3. The molecule has 0 aromatic carbocycles. The van der Waals surface area contributed by atoms with Crippen LogP contribution in [0.3, 0.4) is 0 Å². The normalized spacial score (nSPS) is 20.7. The monoisotopic (exact) mass is 320 g/mol. The zero-order valence-corrected chi connectivity index (χ0v) is 15.6. The summed E-state index contributed by atoms with van der Waals surface area (Å²) in [4.78, 5) is 17.2. The van der Waals surface area contributed by atoms with Crippen molar-refractivity contribution in [3.63, 3.8) is 0 Å². The SMILES string of the molecule is Cc1nn(C)c(C)c1CC(C)C(=O)N1CCCC(N(C)C)CC1. The summed E-state index contributed by atoms with van der Waals surface area (Å²) in [6, 6.07) is 0.603. The van der Waals surface area contributed by atoms with Crippen LogP contribution in [0.25, 0.3) is 0 Å². The van der Waals surface area contributed by atoms with Crippen LogP contribution in [0.5, 0.6) is 0 Å². The molecule has 1 aromatic heterocycles. The predicted octanol–water partition coefficient (Wildman–Crippen LogP) is 2.16. The second kappa shape index (κ2) is 7.47. The Morgan fingerprint density at radius 1 is 1.30 bits per heavy atom. The Morgan fingerprint density at radius 3 is 2.57 bits per heavy atom. The van der Waals surface area contributed by atoms with Gasteiger partial charge in [0, 0.05) is 37.8 Å². The lowest BCUT2D eigenvalue weighted by Gasteiger charge is -2.25. The van der Waals surface area contributed by atoms with Crippen molar-refractivity contribution in [1.29, 1.82) is 0 Å². The largest absolute Gasteiger partial charge is 0.342 e. The fourth-order valence-corrected chi connectivity index (χ4v) is 3.63. The number of hydrogen-bond donors (Lipinski definition) is 0. The van der Waals surface area contributed by atoms with Crippen LogP contribution < -0.4 is 0 Å². The van der Waals surface area contributed by atoms with Gasteiger partial charge < -0.3 is 9.80 Å². The van der Waals surface area contributed by atoms with Gasteiger partial charge >= 0.3 is 0 Å². The van der Waals surface area contributed by atoms with Gasteiger partial charge in [0.05, 0.1) is 5.69 Å². The quantitative estimate of drug-likeness (QED) is 0.854. The van der Waals surface area contributed by atoms with Crippen LogP contribution >= 0.6 is 0 Å². The third kappa shape index (κ3) is 4.14. The molecule has 5 nitrogen and oxygen atoms in total. The van der Waals surface area contributed by atoms with Crippen LogP contribution in [0, 0.1) is 19.8 Å². The van der Waals surface area contributed by atoms with E-state index in [4.69, 9.17) is 0 Å². The van der Waals surface area contributed by atoms with Gasteiger partial charge in [-0.15, -0.1) is 0 Å². The minimum atomic E-state index is 0.0208. The van der Waals surface area contributed by atoms with Crippen molar-refractivity contribution in [2.24, 2.45) is 13.0 Å². The van der Waals surface area contributed by atoms with Crippen molar-refractivity contribution in [3.05, 3.63) is 17.0 Å². The maximum Gasteiger partial charge on any atom is 0.225 e. The molecule has 0 N–H and O–H groups in total. The van der Waals surface area contributed by atoms with Crippen molar-refractivity contribution < 1.29 is 4.79 Å². The van der Waals surface area contributed by atoms with E-state index in [2.05, 4.69) is 42.8 Å². The maximum absolute atomic E-state index is 12.8. The second-order valence-electron chi connectivity index (χ2n) is 7.25. The Bertz CT molecular complexity index is 549. The zero-order chi connectivity index (χ0) is 17.1. The van der Waals surface area contributed by atoms with Crippen LogP contribution in [0.4, 0.5) is 0 Å². The van der Waals surface area contributed by atoms with Crippen LogP contribution in [-0.4, -0.2) is 58.7 Å². The molecule has 0 saturated carbocycles. The van der Waals surface area contributed by atoms with Crippen molar-refractivity contribution in [2.45, 2.75) is 52.5 Å². The Balaban J connectivity index is 1.99. The van der Waals surface area contributed by atoms with Crippen molar-refractivity contribution >= 4 is 5.91 Å². The van der Waals surface area contributed by atoms with Gasteiger partial charge in [-0.25, -0.2) is 0 Å². The molecular weight excluding hydrogens is 288 g/mol. The Kier molecular flexibility index (Phi) is 5.84. The van der Waals surface area contributed by atoms with Gasteiger partial charge in [-0.05, 0) is 59.2 Å². The Morgan fingerprint density at radius 2 is 2.00 bits per heavy atom. The van der Waals surface area contributed by atoms with E-state index >= 15 is 0 Å². The Hall–Kier alpha value is -1.36. The second-order valence-corrected chi connectivity index (χ2v) is 7.25. The summed E-state index contributed by atoms with van der Waals surface area (Å²) in [5.74, 6) is 0.319. The van der Waals surface area contributed by atoms with Gasteiger partial charge in [0.15, 0.2) is 0 Å². The molecule has 1 aliphatic heterocycles. The highest BCUT2D eigenvalue weighted by atomic mass is 16.2. The lowest BCUT2D eigenvalue weighted by atomic mass is 9.98. The fourth-order valence-electron chi connectivity index (χ4n) is 3.63. The molecule has 0 aliphatic carbocycles. The summed E-state index contributed by atoms with van der Waals surface area (Å²) in [5.41, 5.74) is 3.45. The molecule has 0 spiro atoms. The number of aryl methyl sites for hydroxylation is 2. The van der Waals surface area contributed by atoms with Crippen molar-refractivity contribution in [2.75, 3.05) is 27.2 Å². The van der Waals surface area contributed by atoms with E-state index in [1.165, 1.54) is 17.7 Å². The molecule has 1 saturated heterocycles. The van der Waals surface area contributed by atoms with Crippen LogP contribution in [0.1, 0.15) is 43.1 Å². The highest BCUT2D eigenvalue weighted by Gasteiger charge is 2.26. The molecule has 2 rings (SSSR count). The molecule has 1 fully saturated rings. The first-order chi connectivity index (χ1) is 10.8. The van der Waals surface area contributed by atoms with E-state index in [0.29, 0.717) is 11.9 Å². The molecule has 2 atom stereocenters. The lowest BCUT2D eigenvalue weighted by Crippen LogP contribution is -2.37. The highest BCUT2D eigenvalue weighted by Crippen LogP contribution is 2.21. The summed E-state index contributed by atoms with van der Waals surface area (Å²) in [6.45, 7) is 7.96. The van der Waals surface area contributed by atoms with Gasteiger partial charge in [0.1, 0.15) is 0 Å². The zero-order valence-electron chi connectivity index (χ0n) is 15.6. The third-order valence-electron chi connectivity index (χ3n) is 5.33. The average Bonchev–Trinajstić information content (AvgIpc) is 2.72. The average molecular weight is 320 g/mol. The Labute approximate surface area is 140 Å². The number of likely N-dealkylation sites (tertiary alicyclic amines) is 1. The first-order valence-electron chi connectivity index (χ1n) is 8.75.